The highest BCUT2D eigenvalue weighted by Gasteiger charge is 2.41. The Balaban J connectivity index is 2.25. The zero-order valence-corrected chi connectivity index (χ0v) is 30.2. The summed E-state index contributed by atoms with van der Waals surface area (Å²) < 4.78 is 36.1. The van der Waals surface area contributed by atoms with Crippen molar-refractivity contribution in [3.8, 4) is 28.7 Å². The van der Waals surface area contributed by atoms with Crippen LogP contribution in [0.4, 0.5) is 0 Å². The van der Waals surface area contributed by atoms with Gasteiger partial charge in [-0.15, -0.1) is 6.58 Å². The molecule has 2 aromatic rings. The van der Waals surface area contributed by atoms with Crippen LogP contribution in [-0.2, 0) is 9.16 Å². The SMILES string of the molecule is C=C[C@H](COC(=S)Oc1ccc(O[Si](C)(C)C(C)(C)C)c(OC)c1)[C@H](O[Si](C)(C)C(C)(C)C)c1ccc(O)c(OC)c1. The van der Waals surface area contributed by atoms with Crippen LogP contribution in [0.1, 0.15) is 53.2 Å². The molecule has 2 atom stereocenters. The molecule has 0 spiro atoms. The molecule has 0 aliphatic rings. The number of methoxy groups -OCH3 is 2. The second-order valence-electron chi connectivity index (χ2n) is 13.5. The van der Waals surface area contributed by atoms with Gasteiger partial charge >= 0.3 is 5.24 Å². The molecule has 0 aliphatic carbocycles. The smallest absolute Gasteiger partial charge is 0.357 e. The van der Waals surface area contributed by atoms with Crippen LogP contribution >= 0.6 is 12.2 Å². The quantitative estimate of drug-likeness (QED) is 0.141. The number of phenolic OH excluding ortho intramolecular Hbond substituents is 1. The topological polar surface area (TPSA) is 75.6 Å². The van der Waals surface area contributed by atoms with Gasteiger partial charge in [-0.25, -0.2) is 0 Å². The summed E-state index contributed by atoms with van der Waals surface area (Å²) in [7, 11) is -1.17. The molecule has 0 fully saturated rings. The Morgan fingerprint density at radius 3 is 2.00 bits per heavy atom. The molecular formula is C32H50O7SSi2. The molecule has 7 nitrogen and oxygen atoms in total. The molecule has 0 unspecified atom stereocenters. The molecule has 0 aliphatic heterocycles. The van der Waals surface area contributed by atoms with Crippen LogP contribution in [0.3, 0.4) is 0 Å². The summed E-state index contributed by atoms with van der Waals surface area (Å²) in [6, 6.07) is 10.6. The van der Waals surface area contributed by atoms with E-state index < -0.39 is 22.7 Å². The number of rotatable bonds is 12. The van der Waals surface area contributed by atoms with Gasteiger partial charge in [-0.1, -0.05) is 53.7 Å². The van der Waals surface area contributed by atoms with Gasteiger partial charge in [0.1, 0.15) is 18.1 Å². The van der Waals surface area contributed by atoms with Gasteiger partial charge in [-0.05, 0) is 66.1 Å². The lowest BCUT2D eigenvalue weighted by Gasteiger charge is -2.41. The van der Waals surface area contributed by atoms with E-state index in [-0.39, 0.29) is 33.6 Å². The van der Waals surface area contributed by atoms with Crippen LogP contribution in [0.5, 0.6) is 28.7 Å². The zero-order valence-electron chi connectivity index (χ0n) is 27.4. The van der Waals surface area contributed by atoms with Gasteiger partial charge < -0.3 is 32.9 Å². The summed E-state index contributed by atoms with van der Waals surface area (Å²) in [5, 5.41) is 10.2. The fourth-order valence-electron chi connectivity index (χ4n) is 3.56. The minimum Gasteiger partial charge on any atom is -0.541 e. The second-order valence-corrected chi connectivity index (χ2v) is 23.3. The summed E-state index contributed by atoms with van der Waals surface area (Å²) >= 11 is 5.45. The Kier molecular flexibility index (Phi) is 11.7. The highest BCUT2D eigenvalue weighted by atomic mass is 32.1. The van der Waals surface area contributed by atoms with E-state index in [9.17, 15) is 5.11 Å². The number of hydrogen-bond acceptors (Lipinski definition) is 8. The largest absolute Gasteiger partial charge is 0.541 e. The van der Waals surface area contributed by atoms with Crippen molar-refractivity contribution in [2.45, 2.75) is 83.9 Å². The van der Waals surface area contributed by atoms with Crippen LogP contribution in [0.2, 0.25) is 36.3 Å². The third kappa shape index (κ3) is 8.98. The maximum absolute atomic E-state index is 10.2. The second kappa shape index (κ2) is 13.8. The first-order valence-corrected chi connectivity index (χ1v) is 20.4. The number of ether oxygens (including phenoxy) is 4. The minimum absolute atomic E-state index is 0.0310. The van der Waals surface area contributed by atoms with E-state index in [4.69, 9.17) is 40.0 Å². The lowest BCUT2D eigenvalue weighted by molar-refractivity contribution is 0.0967. The van der Waals surface area contributed by atoms with E-state index in [1.165, 1.54) is 7.11 Å². The number of aromatic hydroxyl groups is 1. The maximum atomic E-state index is 10.2. The summed E-state index contributed by atoms with van der Waals surface area (Å²) in [4.78, 5) is 0. The molecule has 234 valence electrons. The molecule has 10 heteroatoms. The Labute approximate surface area is 260 Å². The molecule has 2 rings (SSSR count). The van der Waals surface area contributed by atoms with E-state index in [0.717, 1.165) is 5.56 Å². The molecule has 0 amide bonds. The Bertz CT molecular complexity index is 1230. The third-order valence-corrected chi connectivity index (χ3v) is 17.4. The van der Waals surface area contributed by atoms with Crippen molar-refractivity contribution in [1.29, 1.82) is 0 Å². The maximum Gasteiger partial charge on any atom is 0.357 e. The normalized spacial score (nSPS) is 14.0. The van der Waals surface area contributed by atoms with Gasteiger partial charge in [-0.2, -0.15) is 0 Å². The Morgan fingerprint density at radius 1 is 0.881 bits per heavy atom. The van der Waals surface area contributed by atoms with E-state index >= 15 is 0 Å². The average Bonchev–Trinajstić information content (AvgIpc) is 2.88. The number of phenols is 1. The van der Waals surface area contributed by atoms with Crippen molar-refractivity contribution in [3.05, 3.63) is 54.6 Å². The molecule has 0 saturated heterocycles. The highest BCUT2D eigenvalue weighted by Crippen LogP contribution is 2.44. The van der Waals surface area contributed by atoms with Gasteiger partial charge in [-0.3, -0.25) is 0 Å². The fourth-order valence-corrected chi connectivity index (χ4v) is 6.05. The monoisotopic (exact) mass is 634 g/mol. The molecule has 1 N–H and O–H groups in total. The predicted molar refractivity (Wildman–Crippen MR) is 179 cm³/mol. The summed E-state index contributed by atoms with van der Waals surface area (Å²) in [5.41, 5.74) is 0.844. The van der Waals surface area contributed by atoms with Crippen LogP contribution in [0.15, 0.2) is 49.1 Å². The highest BCUT2D eigenvalue weighted by molar-refractivity contribution is 7.79. The first-order valence-electron chi connectivity index (χ1n) is 14.1. The lowest BCUT2D eigenvalue weighted by Crippen LogP contribution is -2.43. The first-order chi connectivity index (χ1) is 19.3. The molecule has 0 saturated carbocycles. The zero-order chi connectivity index (χ0) is 32.1. The lowest BCUT2D eigenvalue weighted by atomic mass is 9.96. The van der Waals surface area contributed by atoms with Gasteiger partial charge in [0.2, 0.25) is 0 Å². The molecular weight excluding hydrogens is 585 g/mol. The molecule has 0 heterocycles. The molecule has 0 aromatic heterocycles. The fraction of sp³-hybridized carbons (Fsp3) is 0.531. The molecule has 2 aromatic carbocycles. The summed E-state index contributed by atoms with van der Waals surface area (Å²) in [6.45, 7) is 26.1. The average molecular weight is 635 g/mol. The van der Waals surface area contributed by atoms with Gasteiger partial charge in [0.05, 0.1) is 20.3 Å². The van der Waals surface area contributed by atoms with Crippen molar-refractivity contribution >= 4 is 34.1 Å². The summed E-state index contributed by atoms with van der Waals surface area (Å²) in [5.74, 6) is 1.87. The molecule has 0 bridgehead atoms. The van der Waals surface area contributed by atoms with Crippen molar-refractivity contribution in [2.75, 3.05) is 20.8 Å². The van der Waals surface area contributed by atoms with Gasteiger partial charge in [0.15, 0.2) is 25.6 Å². The van der Waals surface area contributed by atoms with Crippen LogP contribution in [-0.4, -0.2) is 47.8 Å². The van der Waals surface area contributed by atoms with Crippen molar-refractivity contribution in [2.24, 2.45) is 5.92 Å². The van der Waals surface area contributed by atoms with Crippen molar-refractivity contribution < 1.29 is 32.9 Å². The number of hydrogen-bond donors (Lipinski definition) is 1. The number of thiocarbonyl (C=S) groups is 1. The minimum atomic E-state index is -2.23. The predicted octanol–water partition coefficient (Wildman–Crippen LogP) is 9.04. The van der Waals surface area contributed by atoms with Crippen LogP contribution in [0.25, 0.3) is 0 Å². The molecule has 42 heavy (non-hydrogen) atoms. The van der Waals surface area contributed by atoms with Crippen LogP contribution < -0.4 is 18.6 Å². The van der Waals surface area contributed by atoms with E-state index in [0.29, 0.717) is 23.0 Å². The van der Waals surface area contributed by atoms with Crippen molar-refractivity contribution in [1.82, 2.24) is 0 Å². The van der Waals surface area contributed by atoms with E-state index in [1.807, 2.05) is 12.1 Å². The Hall–Kier alpha value is -2.54. The standard InChI is InChI=1S/C32H50O7SSi2/c1-14-22(29(39-42(12,13)32(5,6)7)23-15-17-25(33)27(19-23)34-8)21-36-30(40)37-24-16-18-26(28(20-24)35-9)38-41(10,11)31(2,3)4/h14-20,22,29,33H,1,21H2,2-13H3/t22-,29+/m1/s1. The first kappa shape index (κ1) is 35.7. The van der Waals surface area contributed by atoms with E-state index in [1.54, 1.807) is 37.5 Å². The van der Waals surface area contributed by atoms with Gasteiger partial charge in [0.25, 0.3) is 8.32 Å². The van der Waals surface area contributed by atoms with Crippen molar-refractivity contribution in [3.63, 3.8) is 0 Å². The summed E-state index contributed by atoms with van der Waals surface area (Å²) in [6.07, 6.45) is 1.39. The molecule has 0 radical (unpaired) electrons. The van der Waals surface area contributed by atoms with E-state index in [2.05, 4.69) is 74.3 Å². The Morgan fingerprint density at radius 2 is 1.48 bits per heavy atom. The number of benzene rings is 2. The van der Waals surface area contributed by atoms with Gasteiger partial charge in [0, 0.05) is 24.2 Å². The van der Waals surface area contributed by atoms with Crippen LogP contribution in [0, 0.1) is 5.92 Å². The third-order valence-electron chi connectivity index (χ3n) is 8.35.